The van der Waals surface area contributed by atoms with Crippen LogP contribution in [0.25, 0.3) is 22.2 Å². The second-order valence-electron chi connectivity index (χ2n) is 12.5. The fourth-order valence-electron chi connectivity index (χ4n) is 6.00. The Hall–Kier alpha value is -4.92. The van der Waals surface area contributed by atoms with Crippen LogP contribution in [0.4, 0.5) is 15.8 Å². The second-order valence-corrected chi connectivity index (χ2v) is 12.5. The predicted octanol–water partition coefficient (Wildman–Crippen LogP) is 7.27. The number of nitrogens with zero attached hydrogens (tertiary/aromatic N) is 4. The van der Waals surface area contributed by atoms with Gasteiger partial charge in [-0.25, -0.2) is 9.18 Å². The number of carboxylic acid groups (broad SMARTS) is 1. The summed E-state index contributed by atoms with van der Waals surface area (Å²) >= 11 is 0. The van der Waals surface area contributed by atoms with Crippen LogP contribution in [0.3, 0.4) is 0 Å². The Morgan fingerprint density at radius 1 is 1.02 bits per heavy atom. The number of hydrogen-bond donors (Lipinski definition) is 2. The van der Waals surface area contributed by atoms with Crippen LogP contribution in [-0.2, 0) is 12.1 Å². The summed E-state index contributed by atoms with van der Waals surface area (Å²) in [5, 5.41) is 17.9. The third-order valence-electron chi connectivity index (χ3n) is 8.34. The normalized spacial score (nSPS) is 15.2. The van der Waals surface area contributed by atoms with E-state index in [0.29, 0.717) is 28.4 Å². The molecular formula is C35H36FN5O3. The molecule has 1 amide bonds. The molecule has 226 valence electrons. The molecule has 1 fully saturated rings. The number of halogens is 1. The Morgan fingerprint density at radius 2 is 1.77 bits per heavy atom. The Bertz CT molecular complexity index is 1820. The first kappa shape index (κ1) is 29.2. The van der Waals surface area contributed by atoms with Gasteiger partial charge in [0.05, 0.1) is 34.1 Å². The number of aryl methyl sites for hydroxylation is 1. The van der Waals surface area contributed by atoms with Gasteiger partial charge in [0.25, 0.3) is 5.91 Å². The molecule has 5 aromatic rings. The number of aromatic nitrogens is 3. The Balaban J connectivity index is 1.16. The van der Waals surface area contributed by atoms with Crippen molar-refractivity contribution in [2.45, 2.75) is 45.7 Å². The summed E-state index contributed by atoms with van der Waals surface area (Å²) in [5.41, 5.74) is 4.49. The monoisotopic (exact) mass is 593 g/mol. The maximum Gasteiger partial charge on any atom is 0.335 e. The Kier molecular flexibility index (Phi) is 7.71. The van der Waals surface area contributed by atoms with Crippen LogP contribution >= 0.6 is 0 Å². The highest BCUT2D eigenvalue weighted by molar-refractivity contribution is 6.08. The second kappa shape index (κ2) is 11.6. The van der Waals surface area contributed by atoms with Crippen molar-refractivity contribution in [2.75, 3.05) is 23.3 Å². The molecule has 1 aliphatic heterocycles. The maximum atomic E-state index is 13.7. The molecule has 1 saturated heterocycles. The Labute approximate surface area is 255 Å². The third-order valence-corrected chi connectivity index (χ3v) is 8.34. The number of rotatable bonds is 8. The zero-order valence-corrected chi connectivity index (χ0v) is 25.1. The number of aromatic carboxylic acids is 1. The fraction of sp³-hybridized carbons (Fsp3) is 0.286. The van der Waals surface area contributed by atoms with Crippen molar-refractivity contribution in [3.8, 4) is 11.3 Å². The van der Waals surface area contributed by atoms with Crippen LogP contribution in [0.2, 0.25) is 0 Å². The summed E-state index contributed by atoms with van der Waals surface area (Å²) in [5.74, 6) is -1.00. The molecule has 0 aliphatic carbocycles. The number of amides is 1. The van der Waals surface area contributed by atoms with Gasteiger partial charge >= 0.3 is 5.97 Å². The number of nitrogens with one attached hydrogen (secondary N) is 1. The van der Waals surface area contributed by atoms with E-state index < -0.39 is 5.97 Å². The van der Waals surface area contributed by atoms with E-state index in [0.717, 1.165) is 54.6 Å². The van der Waals surface area contributed by atoms with E-state index >= 15 is 0 Å². The number of benzene rings is 3. The summed E-state index contributed by atoms with van der Waals surface area (Å²) < 4.78 is 17.7. The molecule has 6 rings (SSSR count). The van der Waals surface area contributed by atoms with E-state index in [1.54, 1.807) is 35.1 Å². The molecule has 44 heavy (non-hydrogen) atoms. The van der Waals surface area contributed by atoms with E-state index in [1.165, 1.54) is 12.1 Å². The van der Waals surface area contributed by atoms with Gasteiger partial charge in [-0.15, -0.1) is 0 Å². The largest absolute Gasteiger partial charge is 0.478 e. The van der Waals surface area contributed by atoms with Crippen molar-refractivity contribution in [1.82, 2.24) is 14.3 Å². The lowest BCUT2D eigenvalue weighted by atomic mass is 10.0. The van der Waals surface area contributed by atoms with Crippen molar-refractivity contribution in [3.63, 3.8) is 0 Å². The van der Waals surface area contributed by atoms with Crippen molar-refractivity contribution < 1.29 is 19.1 Å². The number of carbonyl (C=O) groups is 2. The Morgan fingerprint density at radius 3 is 2.48 bits per heavy atom. The molecule has 0 bridgehead atoms. The molecule has 0 radical (unpaired) electrons. The van der Waals surface area contributed by atoms with Crippen molar-refractivity contribution in [2.24, 2.45) is 5.92 Å². The first-order chi connectivity index (χ1) is 21.1. The van der Waals surface area contributed by atoms with E-state index in [1.807, 2.05) is 51.1 Å². The van der Waals surface area contributed by atoms with Gasteiger partial charge in [-0.2, -0.15) is 5.10 Å². The highest BCUT2D eigenvalue weighted by Crippen LogP contribution is 2.31. The molecular weight excluding hydrogens is 557 g/mol. The molecule has 2 aromatic heterocycles. The standard InChI is InChI=1S/C35H36FN5O3/c1-35(2,3)41-32(25-4-9-27(36)10-5-25)30(21-37-41)33(42)38-28-11-6-24-16-19-39(31(24)20-28)17-14-23-15-18-40(22-23)29-12-7-26(8-13-29)34(43)44/h4-13,16,19-21,23H,14-15,17-18,22H2,1-3H3,(H,38,42)(H,43,44). The fourth-order valence-corrected chi connectivity index (χ4v) is 6.00. The van der Waals surface area contributed by atoms with Gasteiger partial charge in [-0.3, -0.25) is 9.48 Å². The predicted molar refractivity (Wildman–Crippen MR) is 171 cm³/mol. The third kappa shape index (κ3) is 5.95. The summed E-state index contributed by atoms with van der Waals surface area (Å²) in [6.07, 6.45) is 5.76. The smallest absolute Gasteiger partial charge is 0.335 e. The van der Waals surface area contributed by atoms with Crippen molar-refractivity contribution in [3.05, 3.63) is 102 Å². The van der Waals surface area contributed by atoms with Gasteiger partial charge in [0, 0.05) is 42.8 Å². The molecule has 1 unspecified atom stereocenters. The number of carbonyl (C=O) groups excluding carboxylic acids is 1. The molecule has 1 atom stereocenters. The lowest BCUT2D eigenvalue weighted by Crippen LogP contribution is -2.24. The van der Waals surface area contributed by atoms with Crippen molar-refractivity contribution >= 4 is 34.2 Å². The highest BCUT2D eigenvalue weighted by atomic mass is 19.1. The molecule has 9 heteroatoms. The van der Waals surface area contributed by atoms with Crippen molar-refractivity contribution in [1.29, 1.82) is 0 Å². The number of anilines is 2. The van der Waals surface area contributed by atoms with E-state index in [-0.39, 0.29) is 17.3 Å². The van der Waals surface area contributed by atoms with Gasteiger partial charge in [0.15, 0.2) is 0 Å². The SMILES string of the molecule is CC(C)(C)n1ncc(C(=O)Nc2ccc3ccn(CCC4CCN(c5ccc(C(=O)O)cc5)C4)c3c2)c1-c1ccc(F)cc1. The number of carboxylic acids is 1. The number of fused-ring (bicyclic) bond motifs is 1. The van der Waals surface area contributed by atoms with Gasteiger partial charge in [-0.1, -0.05) is 6.07 Å². The van der Waals surface area contributed by atoms with Gasteiger partial charge in [0.1, 0.15) is 5.82 Å². The molecule has 8 nitrogen and oxygen atoms in total. The van der Waals surface area contributed by atoms with Crippen LogP contribution in [0.1, 0.15) is 54.3 Å². The van der Waals surface area contributed by atoms with Gasteiger partial charge < -0.3 is 19.9 Å². The van der Waals surface area contributed by atoms with Crippen LogP contribution in [0.5, 0.6) is 0 Å². The minimum atomic E-state index is -0.913. The summed E-state index contributed by atoms with van der Waals surface area (Å²) in [6, 6.07) is 21.2. The highest BCUT2D eigenvalue weighted by Gasteiger charge is 2.26. The zero-order valence-electron chi connectivity index (χ0n) is 25.1. The lowest BCUT2D eigenvalue weighted by molar-refractivity contribution is 0.0696. The first-order valence-electron chi connectivity index (χ1n) is 14.9. The van der Waals surface area contributed by atoms with E-state index in [4.69, 9.17) is 5.11 Å². The molecule has 3 aromatic carbocycles. The molecule has 3 heterocycles. The quantitative estimate of drug-likeness (QED) is 0.198. The average Bonchev–Trinajstić information content (AvgIpc) is 3.75. The molecule has 0 spiro atoms. The van der Waals surface area contributed by atoms with E-state index in [2.05, 4.69) is 32.1 Å². The molecule has 0 saturated carbocycles. The van der Waals surface area contributed by atoms with E-state index in [9.17, 15) is 14.0 Å². The lowest BCUT2D eigenvalue weighted by Gasteiger charge is -2.23. The maximum absolute atomic E-state index is 13.7. The van der Waals surface area contributed by atoms with Crippen LogP contribution in [-0.4, -0.2) is 44.4 Å². The molecule has 2 N–H and O–H groups in total. The van der Waals surface area contributed by atoms with Crippen LogP contribution < -0.4 is 10.2 Å². The minimum Gasteiger partial charge on any atom is -0.478 e. The minimum absolute atomic E-state index is 0.278. The first-order valence-corrected chi connectivity index (χ1v) is 14.9. The van der Waals surface area contributed by atoms with Gasteiger partial charge in [-0.05, 0) is 112 Å². The summed E-state index contributed by atoms with van der Waals surface area (Å²) in [4.78, 5) is 27.1. The number of hydrogen-bond acceptors (Lipinski definition) is 4. The zero-order chi connectivity index (χ0) is 31.0. The van der Waals surface area contributed by atoms with Crippen LogP contribution in [0, 0.1) is 11.7 Å². The average molecular weight is 594 g/mol. The van der Waals surface area contributed by atoms with Gasteiger partial charge in [0.2, 0.25) is 0 Å². The summed E-state index contributed by atoms with van der Waals surface area (Å²) in [7, 11) is 0. The topological polar surface area (TPSA) is 92.4 Å². The molecule has 1 aliphatic rings. The van der Waals surface area contributed by atoms with Crippen LogP contribution in [0.15, 0.2) is 85.2 Å². The summed E-state index contributed by atoms with van der Waals surface area (Å²) in [6.45, 7) is 8.77.